The van der Waals surface area contributed by atoms with E-state index in [1.54, 1.807) is 7.11 Å². The minimum absolute atomic E-state index is 0.487. The summed E-state index contributed by atoms with van der Waals surface area (Å²) in [4.78, 5) is 2.60. The molecule has 3 heteroatoms. The number of nitrogens with one attached hydrogen (secondary N) is 1. The van der Waals surface area contributed by atoms with Crippen molar-refractivity contribution in [1.82, 2.24) is 10.2 Å². The maximum atomic E-state index is 5.25. The van der Waals surface area contributed by atoms with Crippen LogP contribution in [0.25, 0.3) is 0 Å². The zero-order valence-electron chi connectivity index (χ0n) is 12.8. The Bertz CT molecular complexity index is 213. The molecule has 1 rings (SSSR count). The summed E-state index contributed by atoms with van der Waals surface area (Å²) in [5.74, 6) is 0.729. The van der Waals surface area contributed by atoms with Crippen LogP contribution in [0.3, 0.4) is 0 Å². The molecule has 108 valence electrons. The first-order valence-electron chi connectivity index (χ1n) is 7.54. The molecule has 0 bridgehead atoms. The Hall–Kier alpha value is -0.120. The van der Waals surface area contributed by atoms with Crippen LogP contribution in [0.1, 0.15) is 40.0 Å². The molecule has 1 fully saturated rings. The van der Waals surface area contributed by atoms with E-state index in [9.17, 15) is 0 Å². The Balaban J connectivity index is 2.54. The number of methoxy groups -OCH3 is 1. The standard InChI is InChI=1S/C15H32N2O/c1-5-15(7-6-8-16-12-15)13-17(9-10-18-4)11-14(2)3/h14,16H,5-13H2,1-4H3. The normalized spacial score (nSPS) is 25.0. The highest BCUT2D eigenvalue weighted by atomic mass is 16.5. The molecule has 0 saturated carbocycles. The van der Waals surface area contributed by atoms with Gasteiger partial charge in [-0.25, -0.2) is 0 Å². The molecule has 0 radical (unpaired) electrons. The molecular weight excluding hydrogens is 224 g/mol. The van der Waals surface area contributed by atoms with Crippen molar-refractivity contribution in [3.8, 4) is 0 Å². The summed E-state index contributed by atoms with van der Waals surface area (Å²) in [7, 11) is 1.80. The predicted octanol–water partition coefficient (Wildman–Crippen LogP) is 2.37. The molecule has 18 heavy (non-hydrogen) atoms. The second kappa shape index (κ2) is 8.13. The van der Waals surface area contributed by atoms with E-state index in [1.165, 1.54) is 45.4 Å². The average molecular weight is 256 g/mol. The van der Waals surface area contributed by atoms with Gasteiger partial charge in [0.2, 0.25) is 0 Å². The van der Waals surface area contributed by atoms with Gasteiger partial charge in [0.05, 0.1) is 6.61 Å². The van der Waals surface area contributed by atoms with Gasteiger partial charge in [-0.1, -0.05) is 20.8 Å². The van der Waals surface area contributed by atoms with Crippen molar-refractivity contribution in [3.63, 3.8) is 0 Å². The third-order valence-electron chi connectivity index (χ3n) is 4.10. The van der Waals surface area contributed by atoms with Crippen molar-refractivity contribution in [2.75, 3.05) is 46.4 Å². The number of hydrogen-bond acceptors (Lipinski definition) is 3. The SMILES string of the molecule is CCC1(CN(CCOC)CC(C)C)CCCNC1. The highest BCUT2D eigenvalue weighted by Crippen LogP contribution is 2.31. The Morgan fingerprint density at radius 2 is 2.17 bits per heavy atom. The number of nitrogens with zero attached hydrogens (tertiary/aromatic N) is 1. The van der Waals surface area contributed by atoms with Gasteiger partial charge in [0, 0.05) is 33.3 Å². The lowest BCUT2D eigenvalue weighted by atomic mass is 9.77. The molecule has 1 unspecified atom stereocenters. The first-order valence-corrected chi connectivity index (χ1v) is 7.54. The first kappa shape index (κ1) is 15.9. The van der Waals surface area contributed by atoms with E-state index in [0.29, 0.717) is 5.41 Å². The lowest BCUT2D eigenvalue weighted by molar-refractivity contribution is 0.0778. The van der Waals surface area contributed by atoms with E-state index in [1.807, 2.05) is 0 Å². The molecule has 0 aromatic rings. The Kier molecular flexibility index (Phi) is 7.20. The molecule has 0 aromatic carbocycles. The van der Waals surface area contributed by atoms with E-state index in [0.717, 1.165) is 19.1 Å². The zero-order valence-corrected chi connectivity index (χ0v) is 12.8. The van der Waals surface area contributed by atoms with Crippen LogP contribution in [-0.4, -0.2) is 51.3 Å². The minimum atomic E-state index is 0.487. The Labute approximate surface area is 113 Å². The number of rotatable bonds is 8. The molecule has 1 saturated heterocycles. The molecule has 1 heterocycles. The molecule has 1 aliphatic rings. The number of ether oxygens (including phenoxy) is 1. The molecule has 0 amide bonds. The molecular formula is C15H32N2O. The van der Waals surface area contributed by atoms with Crippen molar-refractivity contribution < 1.29 is 4.74 Å². The Morgan fingerprint density at radius 3 is 2.67 bits per heavy atom. The first-order chi connectivity index (χ1) is 8.62. The van der Waals surface area contributed by atoms with Crippen LogP contribution >= 0.6 is 0 Å². The third-order valence-corrected chi connectivity index (χ3v) is 4.10. The summed E-state index contributed by atoms with van der Waals surface area (Å²) in [6.07, 6.45) is 3.98. The van der Waals surface area contributed by atoms with Crippen molar-refractivity contribution >= 4 is 0 Å². The van der Waals surface area contributed by atoms with E-state index >= 15 is 0 Å². The van der Waals surface area contributed by atoms with Gasteiger partial charge in [0.1, 0.15) is 0 Å². The molecule has 0 spiro atoms. The van der Waals surface area contributed by atoms with E-state index in [4.69, 9.17) is 4.74 Å². The van der Waals surface area contributed by atoms with Crippen LogP contribution in [-0.2, 0) is 4.74 Å². The third kappa shape index (κ3) is 5.25. The van der Waals surface area contributed by atoms with Crippen LogP contribution in [0.5, 0.6) is 0 Å². The summed E-state index contributed by atoms with van der Waals surface area (Å²) in [6.45, 7) is 13.7. The summed E-state index contributed by atoms with van der Waals surface area (Å²) in [6, 6.07) is 0. The van der Waals surface area contributed by atoms with Crippen LogP contribution < -0.4 is 5.32 Å². The van der Waals surface area contributed by atoms with Crippen LogP contribution in [0.4, 0.5) is 0 Å². The number of piperidine rings is 1. The Morgan fingerprint density at radius 1 is 1.39 bits per heavy atom. The van der Waals surface area contributed by atoms with Gasteiger partial charge in [0.15, 0.2) is 0 Å². The van der Waals surface area contributed by atoms with Crippen molar-refractivity contribution in [3.05, 3.63) is 0 Å². The molecule has 0 aliphatic carbocycles. The van der Waals surface area contributed by atoms with Gasteiger partial charge in [-0.2, -0.15) is 0 Å². The lowest BCUT2D eigenvalue weighted by Crippen LogP contribution is -2.48. The van der Waals surface area contributed by atoms with Gasteiger partial charge < -0.3 is 15.0 Å². The minimum Gasteiger partial charge on any atom is -0.383 e. The maximum absolute atomic E-state index is 5.25. The molecule has 3 nitrogen and oxygen atoms in total. The van der Waals surface area contributed by atoms with E-state index < -0.39 is 0 Å². The average Bonchev–Trinajstić information content (AvgIpc) is 2.36. The summed E-state index contributed by atoms with van der Waals surface area (Å²) in [5.41, 5.74) is 0.487. The second-order valence-electron chi connectivity index (χ2n) is 6.26. The molecule has 1 atom stereocenters. The van der Waals surface area contributed by atoms with Crippen LogP contribution in [0, 0.1) is 11.3 Å². The zero-order chi connectivity index (χ0) is 13.4. The van der Waals surface area contributed by atoms with Gasteiger partial charge in [0.25, 0.3) is 0 Å². The monoisotopic (exact) mass is 256 g/mol. The molecule has 0 aromatic heterocycles. The molecule has 1 aliphatic heterocycles. The highest BCUT2D eigenvalue weighted by Gasteiger charge is 2.32. The largest absolute Gasteiger partial charge is 0.383 e. The van der Waals surface area contributed by atoms with Crippen molar-refractivity contribution in [1.29, 1.82) is 0 Å². The fourth-order valence-electron chi connectivity index (χ4n) is 3.02. The predicted molar refractivity (Wildman–Crippen MR) is 78.0 cm³/mol. The fourth-order valence-corrected chi connectivity index (χ4v) is 3.02. The van der Waals surface area contributed by atoms with Crippen molar-refractivity contribution in [2.45, 2.75) is 40.0 Å². The van der Waals surface area contributed by atoms with E-state index in [2.05, 4.69) is 31.0 Å². The van der Waals surface area contributed by atoms with Gasteiger partial charge >= 0.3 is 0 Å². The fraction of sp³-hybridized carbons (Fsp3) is 1.00. The van der Waals surface area contributed by atoms with Crippen LogP contribution in [0.2, 0.25) is 0 Å². The summed E-state index contributed by atoms with van der Waals surface area (Å²) < 4.78 is 5.25. The van der Waals surface area contributed by atoms with Gasteiger partial charge in [-0.05, 0) is 37.1 Å². The summed E-state index contributed by atoms with van der Waals surface area (Å²) >= 11 is 0. The second-order valence-corrected chi connectivity index (χ2v) is 6.26. The van der Waals surface area contributed by atoms with Crippen molar-refractivity contribution in [2.24, 2.45) is 11.3 Å². The lowest BCUT2D eigenvalue weighted by Gasteiger charge is -2.41. The quantitative estimate of drug-likeness (QED) is 0.721. The molecule has 1 N–H and O–H groups in total. The van der Waals surface area contributed by atoms with Gasteiger partial charge in [-0.3, -0.25) is 0 Å². The highest BCUT2D eigenvalue weighted by molar-refractivity contribution is 4.87. The topological polar surface area (TPSA) is 24.5 Å². The number of hydrogen-bond donors (Lipinski definition) is 1. The van der Waals surface area contributed by atoms with E-state index in [-0.39, 0.29) is 0 Å². The maximum Gasteiger partial charge on any atom is 0.0589 e. The van der Waals surface area contributed by atoms with Gasteiger partial charge in [-0.15, -0.1) is 0 Å². The van der Waals surface area contributed by atoms with Crippen LogP contribution in [0.15, 0.2) is 0 Å². The summed E-state index contributed by atoms with van der Waals surface area (Å²) in [5, 5.41) is 3.58. The smallest absolute Gasteiger partial charge is 0.0589 e.